The van der Waals surface area contributed by atoms with Crippen molar-refractivity contribution in [3.8, 4) is 0 Å². The maximum absolute atomic E-state index is 12.5. The molecule has 4 aromatic carbocycles. The number of hydrogen-bond donors (Lipinski definition) is 0. The van der Waals surface area contributed by atoms with E-state index >= 15 is 0 Å². The van der Waals surface area contributed by atoms with Crippen LogP contribution in [0.3, 0.4) is 0 Å². The Hall–Kier alpha value is -5.01. The van der Waals surface area contributed by atoms with Gasteiger partial charge in [0.2, 0.25) is 13.3 Å². The third kappa shape index (κ3) is 12.0. The van der Waals surface area contributed by atoms with Gasteiger partial charge in [0.1, 0.15) is 0 Å². The van der Waals surface area contributed by atoms with E-state index in [-0.39, 0.29) is 41.4 Å². The predicted octanol–water partition coefficient (Wildman–Crippen LogP) is 6.97. The summed E-state index contributed by atoms with van der Waals surface area (Å²) < 4.78 is 0. The van der Waals surface area contributed by atoms with E-state index in [1.54, 1.807) is 9.80 Å². The minimum absolute atomic E-state index is 0. The van der Waals surface area contributed by atoms with Crippen LogP contribution < -0.4 is 10.2 Å². The van der Waals surface area contributed by atoms with Crippen LogP contribution in [0.5, 0.6) is 0 Å². The number of benzene rings is 4. The van der Waals surface area contributed by atoms with Crippen LogP contribution in [0.1, 0.15) is 61.1 Å². The second-order valence-corrected chi connectivity index (χ2v) is 12.6. The topological polar surface area (TPSA) is 83.8 Å². The van der Waals surface area contributed by atoms with E-state index in [2.05, 4.69) is 75.3 Å². The zero-order valence-corrected chi connectivity index (χ0v) is 32.0. The third-order valence-electron chi connectivity index (χ3n) is 8.77. The van der Waals surface area contributed by atoms with Gasteiger partial charge in [0.15, 0.2) is 0 Å². The molecule has 0 aromatic heterocycles. The fourth-order valence-corrected chi connectivity index (χ4v) is 6.03. The average Bonchev–Trinajstić information content (AvgIpc) is 3.81. The molecule has 8 nitrogen and oxygen atoms in total. The van der Waals surface area contributed by atoms with E-state index in [1.165, 1.54) is 11.1 Å². The molecule has 0 fully saturated rings. The number of rotatable bonds is 14. The van der Waals surface area contributed by atoms with Crippen molar-refractivity contribution in [3.05, 3.63) is 169 Å². The van der Waals surface area contributed by atoms with Gasteiger partial charge in [-0.05, 0) is 70.9 Å². The minimum Gasteiger partial charge on any atom is -0.860 e. The fraction of sp³-hybridized carbons (Fsp3) is 0.273. The van der Waals surface area contributed by atoms with Crippen molar-refractivity contribution in [2.45, 2.75) is 66.5 Å². The Balaban J connectivity index is 0.000000232. The van der Waals surface area contributed by atoms with E-state index < -0.39 is 0 Å². The summed E-state index contributed by atoms with van der Waals surface area (Å²) in [5, 5.41) is 24.9. The molecule has 6 rings (SSSR count). The molecule has 4 radical (unpaired) electrons. The van der Waals surface area contributed by atoms with Gasteiger partial charge in [-0.15, -0.1) is 0 Å². The van der Waals surface area contributed by atoms with Crippen LogP contribution in [0.15, 0.2) is 132 Å². The van der Waals surface area contributed by atoms with Crippen molar-refractivity contribution >= 4 is 23.2 Å². The molecule has 0 N–H and O–H groups in total. The van der Waals surface area contributed by atoms with Gasteiger partial charge in [0.05, 0.1) is 11.4 Å². The smallest absolute Gasteiger partial charge is 0.860 e. The minimum atomic E-state index is -0.153. The van der Waals surface area contributed by atoms with Crippen molar-refractivity contribution in [2.24, 2.45) is 9.98 Å². The molecule has 0 saturated carbocycles. The van der Waals surface area contributed by atoms with E-state index in [0.29, 0.717) is 0 Å². The molecule has 2 heterocycles. The van der Waals surface area contributed by atoms with Crippen molar-refractivity contribution in [1.29, 1.82) is 0 Å². The first kappa shape index (κ1) is 40.8. The number of para-hydroxylation sites is 2. The summed E-state index contributed by atoms with van der Waals surface area (Å²) >= 11 is 0. The molecule has 0 aliphatic carbocycles. The standard InChI is InChI=1S/2C22H25N3O.Ni/c2*1-3-19-11-8-12-20(4-2)22(19)23-21(26)16-25-14-13-24(17-25)15-18-9-6-5-7-10-18;/h2*5-14H,3-4,15-16H2,1-2H3,(H,23,26);/q;;+2/p-2. The number of aliphatic imine (C=N–C) groups is 2. The summed E-state index contributed by atoms with van der Waals surface area (Å²) in [6.07, 6.45) is 11.1. The van der Waals surface area contributed by atoms with E-state index in [4.69, 9.17) is 0 Å². The first-order valence-corrected chi connectivity index (χ1v) is 18.1. The molecule has 2 aliphatic rings. The number of nitrogens with zero attached hydrogens (tertiary/aromatic N) is 6. The van der Waals surface area contributed by atoms with E-state index in [1.807, 2.05) is 107 Å². The van der Waals surface area contributed by atoms with Crippen LogP contribution in [0.25, 0.3) is 0 Å². The molecule has 4 aromatic rings. The molecule has 2 aliphatic heterocycles. The molecule has 9 heteroatoms. The van der Waals surface area contributed by atoms with Crippen molar-refractivity contribution < 1.29 is 26.7 Å². The second-order valence-electron chi connectivity index (χ2n) is 12.6. The van der Waals surface area contributed by atoms with Gasteiger partial charge in [-0.25, -0.2) is 0 Å². The second kappa shape index (κ2) is 20.9. The molecular formula is C44H48N6NiO2. The summed E-state index contributed by atoms with van der Waals surface area (Å²) in [5.41, 5.74) is 8.56. The first-order valence-electron chi connectivity index (χ1n) is 18.1. The maximum Gasteiger partial charge on any atom is 2.00 e. The van der Waals surface area contributed by atoms with Gasteiger partial charge >= 0.3 is 16.5 Å². The Bertz CT molecular complexity index is 1660. The predicted molar refractivity (Wildman–Crippen MR) is 207 cm³/mol. The van der Waals surface area contributed by atoms with Crippen molar-refractivity contribution in [3.63, 3.8) is 0 Å². The summed E-state index contributed by atoms with van der Waals surface area (Å²) in [6, 6.07) is 32.6. The van der Waals surface area contributed by atoms with Crippen LogP contribution >= 0.6 is 0 Å². The SMILES string of the molecule is CCc1cccc(CC)c1N=C([O-])CN1[C]N(Cc2ccccc2)C=C1.CCc1cccc(CC)c1N=C([O-])CN1[C]N(Cc2ccccc2)C=C1.[Ni+2]. The summed E-state index contributed by atoms with van der Waals surface area (Å²) in [6.45, 7) is 16.6. The molecule has 0 atom stereocenters. The van der Waals surface area contributed by atoms with Gasteiger partial charge < -0.3 is 29.8 Å². The Kier molecular flexibility index (Phi) is 16.1. The monoisotopic (exact) mass is 750 g/mol. The molecule has 276 valence electrons. The van der Waals surface area contributed by atoms with Crippen LogP contribution in [0.4, 0.5) is 11.4 Å². The zero-order chi connectivity index (χ0) is 36.7. The molecule has 0 bridgehead atoms. The van der Waals surface area contributed by atoms with Gasteiger partial charge in [-0.3, -0.25) is 9.98 Å². The van der Waals surface area contributed by atoms with Crippen molar-refractivity contribution in [1.82, 2.24) is 19.6 Å². The molecular weight excluding hydrogens is 703 g/mol. The average molecular weight is 752 g/mol. The Morgan fingerprint density at radius 3 is 1.11 bits per heavy atom. The summed E-state index contributed by atoms with van der Waals surface area (Å²) in [4.78, 5) is 16.2. The quantitative estimate of drug-likeness (QED) is 0.0787. The largest absolute Gasteiger partial charge is 2.00 e. The van der Waals surface area contributed by atoms with Crippen LogP contribution in [-0.4, -0.2) is 44.5 Å². The molecule has 0 amide bonds. The number of aryl methyl sites for hydroxylation is 4. The van der Waals surface area contributed by atoms with Gasteiger partial charge in [0.25, 0.3) is 0 Å². The van der Waals surface area contributed by atoms with Gasteiger partial charge in [-0.1, -0.05) is 125 Å². The maximum atomic E-state index is 12.5. The normalized spacial score (nSPS) is 14.0. The Morgan fingerprint density at radius 1 is 0.472 bits per heavy atom. The summed E-state index contributed by atoms with van der Waals surface area (Å²) in [7, 11) is 0. The Morgan fingerprint density at radius 2 is 0.792 bits per heavy atom. The fourth-order valence-electron chi connectivity index (χ4n) is 6.03. The molecule has 0 spiro atoms. The van der Waals surface area contributed by atoms with Crippen LogP contribution in [-0.2, 0) is 55.3 Å². The summed E-state index contributed by atoms with van der Waals surface area (Å²) in [5.74, 6) is -0.307. The number of hydrogen-bond acceptors (Lipinski definition) is 8. The Labute approximate surface area is 326 Å². The molecule has 0 unspecified atom stereocenters. The molecule has 0 saturated heterocycles. The van der Waals surface area contributed by atoms with E-state index in [0.717, 1.165) is 72.4 Å². The van der Waals surface area contributed by atoms with Gasteiger partial charge in [0, 0.05) is 51.0 Å². The van der Waals surface area contributed by atoms with E-state index in [9.17, 15) is 10.2 Å². The first-order chi connectivity index (χ1) is 25.4. The third-order valence-corrected chi connectivity index (χ3v) is 8.77. The molecule has 53 heavy (non-hydrogen) atoms. The zero-order valence-electron chi connectivity index (χ0n) is 31.0. The van der Waals surface area contributed by atoms with Crippen LogP contribution in [0.2, 0.25) is 0 Å². The van der Waals surface area contributed by atoms with Crippen LogP contribution in [0, 0.1) is 13.3 Å². The van der Waals surface area contributed by atoms with Gasteiger partial charge in [-0.2, -0.15) is 0 Å². The van der Waals surface area contributed by atoms with Crippen molar-refractivity contribution in [2.75, 3.05) is 13.1 Å².